The molecule has 1 aromatic heterocycles. The van der Waals surface area contributed by atoms with Crippen LogP contribution in [0.4, 0.5) is 0 Å². The van der Waals surface area contributed by atoms with Crippen LogP contribution in [0.1, 0.15) is 29.1 Å². The Morgan fingerprint density at radius 1 is 1.00 bits per heavy atom. The minimum absolute atomic E-state index is 0. The largest absolute Gasteiger partial charge is 1.00 e. The summed E-state index contributed by atoms with van der Waals surface area (Å²) in [4.78, 5) is 19.6. The van der Waals surface area contributed by atoms with Gasteiger partial charge in [-0.25, -0.2) is 9.78 Å². The number of carbonyl (C=O) groups excluding carboxylic acids is 1. The van der Waals surface area contributed by atoms with Crippen LogP contribution in [0.5, 0.6) is 23.0 Å². The van der Waals surface area contributed by atoms with Gasteiger partial charge in [0, 0.05) is 17.0 Å². The van der Waals surface area contributed by atoms with Crippen molar-refractivity contribution in [3.63, 3.8) is 0 Å². The third-order valence-corrected chi connectivity index (χ3v) is 5.64. The first-order chi connectivity index (χ1) is 17.5. The molecule has 0 radical (unpaired) electrons. The quantitative estimate of drug-likeness (QED) is 0.283. The van der Waals surface area contributed by atoms with Gasteiger partial charge in [0.2, 0.25) is 0 Å². The number of hydrogen-bond acceptors (Lipinski definition) is 11. The number of carbonyl (C=O) groups is 1. The Balaban J connectivity index is 0.00000380. The van der Waals surface area contributed by atoms with Gasteiger partial charge in [0.05, 0.1) is 56.9 Å². The smallest absolute Gasteiger partial charge is 0.348 e. The van der Waals surface area contributed by atoms with Crippen LogP contribution in [0.25, 0.3) is 22.0 Å². The van der Waals surface area contributed by atoms with Crippen molar-refractivity contribution in [3.05, 3.63) is 41.6 Å². The molecule has 0 aliphatic carbocycles. The molecule has 2 N–H and O–H groups in total. The van der Waals surface area contributed by atoms with Crippen molar-refractivity contribution in [2.75, 3.05) is 35.0 Å². The Kier molecular flexibility index (Phi) is 8.82. The zero-order valence-electron chi connectivity index (χ0n) is 20.9. The molecule has 1 atom stereocenters. The van der Waals surface area contributed by atoms with E-state index in [1.54, 1.807) is 38.3 Å². The summed E-state index contributed by atoms with van der Waals surface area (Å²) in [5.74, 6) is 1.35. The zero-order valence-corrected chi connectivity index (χ0v) is 22.5. The van der Waals surface area contributed by atoms with Gasteiger partial charge in [0.1, 0.15) is 0 Å². The molecule has 11 nitrogen and oxygen atoms in total. The monoisotopic (exact) mass is 571 g/mol. The summed E-state index contributed by atoms with van der Waals surface area (Å²) in [7, 11) is 6.15. The second kappa shape index (κ2) is 11.8. The van der Waals surface area contributed by atoms with Crippen molar-refractivity contribution in [1.29, 1.82) is 0 Å². The number of hydrogen-bond donors (Lipinski definition) is 1. The van der Waals surface area contributed by atoms with Crippen LogP contribution in [-0.2, 0) is 4.74 Å². The molecule has 0 bridgehead atoms. The molecule has 2 heterocycles. The number of methoxy groups -OCH3 is 4. The Bertz CT molecular complexity index is 1350. The average Bonchev–Trinajstić information content (AvgIpc) is 3.45. The van der Waals surface area contributed by atoms with E-state index in [0.717, 1.165) is 0 Å². The van der Waals surface area contributed by atoms with Gasteiger partial charge < -0.3 is 46.4 Å². The van der Waals surface area contributed by atoms with E-state index >= 15 is 0 Å². The molecule has 12 heteroatoms. The minimum atomic E-state index is -0.934. The molecule has 3 aromatic rings. The molecule has 0 spiro atoms. The summed E-state index contributed by atoms with van der Waals surface area (Å²) >= 11 is 0. The Hall–Kier alpha value is -3.99. The summed E-state index contributed by atoms with van der Waals surface area (Å²) in [6.45, 7) is 1.88. The highest BCUT2D eigenvalue weighted by molar-refractivity contribution is 6.09. The Morgan fingerprint density at radius 3 is 2.24 bits per heavy atom. The van der Waals surface area contributed by atoms with Crippen molar-refractivity contribution in [3.8, 4) is 34.1 Å². The second-order valence-corrected chi connectivity index (χ2v) is 7.54. The fraction of sp³-hybridized carbons (Fsp3) is 0.280. The Morgan fingerprint density at radius 2 is 1.65 bits per heavy atom. The van der Waals surface area contributed by atoms with Crippen LogP contribution in [0.3, 0.4) is 0 Å². The molecule has 4 rings (SSSR count). The minimum Gasteiger partial charge on any atom is -1.00 e. The van der Waals surface area contributed by atoms with E-state index in [-0.39, 0.29) is 34.8 Å². The fourth-order valence-electron chi connectivity index (χ4n) is 3.98. The summed E-state index contributed by atoms with van der Waals surface area (Å²) < 4.78 is 27.4. The van der Waals surface area contributed by atoms with Gasteiger partial charge in [0.25, 0.3) is 6.34 Å². The lowest BCUT2D eigenvalue weighted by atomic mass is 9.92. The number of benzene rings is 2. The zero-order chi connectivity index (χ0) is 25.8. The molecule has 1 aliphatic heterocycles. The van der Waals surface area contributed by atoms with Gasteiger partial charge in [-0.05, 0) is 35.8 Å². The molecule has 1 aliphatic rings. The fourth-order valence-corrected chi connectivity index (χ4v) is 3.98. The lowest BCUT2D eigenvalue weighted by molar-refractivity contribution is -0.0000266. The van der Waals surface area contributed by atoms with E-state index < -0.39 is 12.1 Å². The van der Waals surface area contributed by atoms with Crippen LogP contribution >= 0.6 is 0 Å². The van der Waals surface area contributed by atoms with Gasteiger partial charge in [0.15, 0.2) is 29.2 Å². The first kappa shape index (κ1) is 27.6. The molecule has 0 saturated heterocycles. The number of aromatic nitrogens is 1. The van der Waals surface area contributed by atoms with E-state index in [0.29, 0.717) is 45.0 Å². The van der Waals surface area contributed by atoms with Crippen LogP contribution in [0.2, 0.25) is 0 Å². The molecule has 0 fully saturated rings. The van der Waals surface area contributed by atoms with Gasteiger partial charge >= 0.3 is 12.3 Å². The van der Waals surface area contributed by atoms with E-state index in [1.165, 1.54) is 32.6 Å². The van der Waals surface area contributed by atoms with Crippen LogP contribution in [0, 0.1) is 0 Å². The third kappa shape index (κ3) is 5.12. The molecular formula is C25H26BrN5O6. The number of fused-ring (bicyclic) bond motifs is 1. The molecule has 37 heavy (non-hydrogen) atoms. The first-order valence-corrected chi connectivity index (χ1v) is 11.0. The standard InChI is InChI=1S/C25H26N5O6.BrH/c1-6-36-25(31)22-21(14-7-8-17(32-2)18(9-14)33-3)15-10-19(34-4)20(35-5)11-16(15)29-23(22)24(26)30-12-27-28-13-30;/h7-12,24H,6,26H2,1-5H3;1H/q+1;/p-1. The van der Waals surface area contributed by atoms with Crippen molar-refractivity contribution in [2.24, 2.45) is 15.9 Å². The molecule has 0 amide bonds. The van der Waals surface area contributed by atoms with Gasteiger partial charge in [-0.15, -0.1) is 0 Å². The maximum Gasteiger partial charge on any atom is 0.348 e. The number of esters is 1. The van der Waals surface area contributed by atoms with Crippen LogP contribution in [0.15, 0.2) is 40.5 Å². The predicted octanol–water partition coefficient (Wildman–Crippen LogP) is 0.238. The van der Waals surface area contributed by atoms with E-state index in [1.807, 2.05) is 6.07 Å². The topological polar surface area (TPSA) is 130 Å². The summed E-state index contributed by atoms with van der Waals surface area (Å²) in [6.07, 6.45) is 3.14. The lowest BCUT2D eigenvalue weighted by Gasteiger charge is -2.21. The number of nitrogens with zero attached hydrogens (tertiary/aromatic N) is 4. The summed E-state index contributed by atoms with van der Waals surface area (Å²) in [5.41, 5.74) is 8.66. The van der Waals surface area contributed by atoms with Gasteiger partial charge in [-0.2, -0.15) is 0 Å². The lowest BCUT2D eigenvalue weighted by Crippen LogP contribution is -3.00. The van der Waals surface area contributed by atoms with Crippen LogP contribution in [-0.4, -0.2) is 63.6 Å². The SMILES string of the molecule is CCOC(=O)c1c(C(N)N2[C+]=NN=C2)nc2cc(OC)c(OC)cc2c1-c1ccc(OC)c(OC)c1.[Br-]. The first-order valence-electron chi connectivity index (χ1n) is 11.0. The van der Waals surface area contributed by atoms with E-state index in [2.05, 4.69) is 16.5 Å². The molecule has 194 valence electrons. The highest BCUT2D eigenvalue weighted by Gasteiger charge is 2.34. The molecule has 2 aromatic carbocycles. The van der Waals surface area contributed by atoms with E-state index in [4.69, 9.17) is 34.4 Å². The highest BCUT2D eigenvalue weighted by Crippen LogP contribution is 2.42. The van der Waals surface area contributed by atoms with Crippen molar-refractivity contribution < 1.29 is 45.5 Å². The van der Waals surface area contributed by atoms with Crippen molar-refractivity contribution in [2.45, 2.75) is 13.1 Å². The number of pyridine rings is 1. The molecule has 0 saturated carbocycles. The highest BCUT2D eigenvalue weighted by atomic mass is 79.9. The number of halogens is 1. The maximum absolute atomic E-state index is 13.5. The molecular weight excluding hydrogens is 546 g/mol. The summed E-state index contributed by atoms with van der Waals surface area (Å²) in [5, 5.41) is 8.11. The maximum atomic E-state index is 13.5. The normalized spacial score (nSPS) is 12.5. The third-order valence-electron chi connectivity index (χ3n) is 5.64. The van der Waals surface area contributed by atoms with Crippen molar-refractivity contribution >= 4 is 29.5 Å². The Labute approximate surface area is 224 Å². The molecule has 1 unspecified atom stereocenters. The van der Waals surface area contributed by atoms with E-state index in [9.17, 15) is 4.79 Å². The predicted molar refractivity (Wildman–Crippen MR) is 134 cm³/mol. The van der Waals surface area contributed by atoms with Crippen molar-refractivity contribution in [1.82, 2.24) is 9.88 Å². The van der Waals surface area contributed by atoms with Gasteiger partial charge in [-0.3, -0.25) is 0 Å². The number of rotatable bonds is 9. The van der Waals surface area contributed by atoms with Gasteiger partial charge in [-0.1, -0.05) is 11.0 Å². The average molecular weight is 572 g/mol. The second-order valence-electron chi connectivity index (χ2n) is 7.54. The number of ether oxygens (including phenoxy) is 5. The summed E-state index contributed by atoms with van der Waals surface area (Å²) in [6, 6.07) is 8.82. The van der Waals surface area contributed by atoms with Crippen LogP contribution < -0.4 is 41.7 Å². The number of nitrogens with two attached hydrogens (primary N) is 1.